The quantitative estimate of drug-likeness (QED) is 0.834. The maximum atomic E-state index is 13.0. The van der Waals surface area contributed by atoms with Crippen LogP contribution in [0.25, 0.3) is 5.69 Å². The number of halogens is 1. The summed E-state index contributed by atoms with van der Waals surface area (Å²) in [6.07, 6.45) is 0.756. The molecular formula is C16H20FN3O2. The molecular weight excluding hydrogens is 285 g/mol. The zero-order chi connectivity index (χ0) is 16.1. The van der Waals surface area contributed by atoms with E-state index in [1.165, 1.54) is 12.1 Å². The van der Waals surface area contributed by atoms with Crippen LogP contribution in [-0.4, -0.2) is 35.9 Å². The molecule has 0 aliphatic carbocycles. The minimum atomic E-state index is -0.304. The molecule has 0 saturated heterocycles. The van der Waals surface area contributed by atoms with E-state index < -0.39 is 0 Å². The summed E-state index contributed by atoms with van der Waals surface area (Å²) in [6.45, 7) is 4.77. The second-order valence-corrected chi connectivity index (χ2v) is 5.04. The third-order valence-electron chi connectivity index (χ3n) is 3.40. The number of nitrogens with one attached hydrogen (secondary N) is 1. The highest BCUT2D eigenvalue weighted by atomic mass is 19.1. The number of hydrogen-bond acceptors (Lipinski definition) is 3. The van der Waals surface area contributed by atoms with Gasteiger partial charge in [0.25, 0.3) is 5.91 Å². The number of hydrogen-bond donors (Lipinski definition) is 1. The van der Waals surface area contributed by atoms with Gasteiger partial charge in [0.2, 0.25) is 0 Å². The van der Waals surface area contributed by atoms with Crippen LogP contribution in [0.5, 0.6) is 0 Å². The Balaban J connectivity index is 2.20. The van der Waals surface area contributed by atoms with Crippen molar-refractivity contribution in [3.63, 3.8) is 0 Å². The molecule has 0 spiro atoms. The Bertz CT molecular complexity index is 650. The number of methoxy groups -OCH3 is 1. The number of amides is 1. The lowest BCUT2D eigenvalue weighted by Crippen LogP contribution is -2.26. The van der Waals surface area contributed by atoms with E-state index >= 15 is 0 Å². The molecule has 1 heterocycles. The molecule has 1 aromatic carbocycles. The monoisotopic (exact) mass is 305 g/mol. The molecule has 0 unspecified atom stereocenters. The number of carbonyl (C=O) groups excluding carboxylic acids is 1. The number of ether oxygens (including phenoxy) is 1. The van der Waals surface area contributed by atoms with E-state index in [2.05, 4.69) is 10.4 Å². The van der Waals surface area contributed by atoms with Crippen LogP contribution < -0.4 is 5.32 Å². The third kappa shape index (κ3) is 3.51. The summed E-state index contributed by atoms with van der Waals surface area (Å²) in [5.41, 5.74) is 2.65. The average molecular weight is 305 g/mol. The second-order valence-electron chi connectivity index (χ2n) is 5.04. The smallest absolute Gasteiger partial charge is 0.255 e. The first-order valence-corrected chi connectivity index (χ1v) is 7.14. The molecule has 1 aromatic heterocycles. The number of aryl methyl sites for hydroxylation is 1. The number of nitrogens with zero attached hydrogens (tertiary/aromatic N) is 2. The lowest BCUT2D eigenvalue weighted by atomic mass is 10.2. The fourth-order valence-electron chi connectivity index (χ4n) is 2.31. The molecule has 5 nitrogen and oxygen atoms in total. The highest BCUT2D eigenvalue weighted by Crippen LogP contribution is 2.18. The largest absolute Gasteiger partial charge is 0.385 e. The highest BCUT2D eigenvalue weighted by Gasteiger charge is 2.19. The topological polar surface area (TPSA) is 56.1 Å². The maximum Gasteiger partial charge on any atom is 0.255 e. The standard InChI is InChI=1S/C16H20FN3O2/c1-11-15(16(21)18-9-4-10-22-3)12(2)20(19-11)14-7-5-13(17)6-8-14/h5-8H,4,9-10H2,1-3H3,(H,18,21). The molecule has 22 heavy (non-hydrogen) atoms. The fraction of sp³-hybridized carbons (Fsp3) is 0.375. The van der Waals surface area contributed by atoms with Gasteiger partial charge in [-0.3, -0.25) is 4.79 Å². The van der Waals surface area contributed by atoms with E-state index in [4.69, 9.17) is 4.74 Å². The van der Waals surface area contributed by atoms with Crippen LogP contribution in [0.15, 0.2) is 24.3 Å². The van der Waals surface area contributed by atoms with Gasteiger partial charge in [0.05, 0.1) is 22.6 Å². The van der Waals surface area contributed by atoms with Crippen LogP contribution in [-0.2, 0) is 4.74 Å². The van der Waals surface area contributed by atoms with Gasteiger partial charge in [-0.1, -0.05) is 0 Å². The Hall–Kier alpha value is -2.21. The number of carbonyl (C=O) groups is 1. The zero-order valence-corrected chi connectivity index (χ0v) is 13.0. The van der Waals surface area contributed by atoms with Crippen molar-refractivity contribution in [3.05, 3.63) is 47.0 Å². The van der Waals surface area contributed by atoms with Crippen LogP contribution >= 0.6 is 0 Å². The number of benzene rings is 1. The van der Waals surface area contributed by atoms with Crippen LogP contribution in [0.2, 0.25) is 0 Å². The average Bonchev–Trinajstić information content (AvgIpc) is 2.79. The lowest BCUT2D eigenvalue weighted by molar-refractivity contribution is 0.0947. The first-order valence-electron chi connectivity index (χ1n) is 7.14. The summed E-state index contributed by atoms with van der Waals surface area (Å²) in [4.78, 5) is 12.3. The molecule has 6 heteroatoms. The second kappa shape index (κ2) is 7.17. The number of rotatable bonds is 6. The van der Waals surface area contributed by atoms with Gasteiger partial charge in [-0.2, -0.15) is 5.10 Å². The van der Waals surface area contributed by atoms with Gasteiger partial charge in [0.15, 0.2) is 0 Å². The Kier molecular flexibility index (Phi) is 5.27. The van der Waals surface area contributed by atoms with E-state index in [0.717, 1.165) is 17.8 Å². The summed E-state index contributed by atoms with van der Waals surface area (Å²) in [5.74, 6) is -0.458. The Morgan fingerprint density at radius 2 is 2.00 bits per heavy atom. The molecule has 0 saturated carbocycles. The van der Waals surface area contributed by atoms with Gasteiger partial charge in [0, 0.05) is 20.3 Å². The van der Waals surface area contributed by atoms with Gasteiger partial charge in [-0.15, -0.1) is 0 Å². The summed E-state index contributed by atoms with van der Waals surface area (Å²) >= 11 is 0. The predicted octanol–water partition coefficient (Wildman–Crippen LogP) is 2.39. The summed E-state index contributed by atoms with van der Waals surface area (Å²) in [5, 5.41) is 7.24. The van der Waals surface area contributed by atoms with Crippen molar-refractivity contribution >= 4 is 5.91 Å². The van der Waals surface area contributed by atoms with Gasteiger partial charge in [-0.25, -0.2) is 9.07 Å². The highest BCUT2D eigenvalue weighted by molar-refractivity contribution is 5.96. The van der Waals surface area contributed by atoms with Crippen molar-refractivity contribution < 1.29 is 13.9 Å². The molecule has 0 aliphatic rings. The van der Waals surface area contributed by atoms with Crippen LogP contribution in [0, 0.1) is 19.7 Å². The van der Waals surface area contributed by atoms with E-state index in [1.54, 1.807) is 30.8 Å². The zero-order valence-electron chi connectivity index (χ0n) is 13.0. The van der Waals surface area contributed by atoms with E-state index in [-0.39, 0.29) is 11.7 Å². The Morgan fingerprint density at radius 3 is 2.64 bits per heavy atom. The maximum absolute atomic E-state index is 13.0. The van der Waals surface area contributed by atoms with E-state index in [9.17, 15) is 9.18 Å². The lowest BCUT2D eigenvalue weighted by Gasteiger charge is -2.06. The molecule has 1 N–H and O–H groups in total. The van der Waals surface area contributed by atoms with Crippen molar-refractivity contribution in [2.45, 2.75) is 20.3 Å². The minimum Gasteiger partial charge on any atom is -0.385 e. The van der Waals surface area contributed by atoms with Gasteiger partial charge < -0.3 is 10.1 Å². The van der Waals surface area contributed by atoms with E-state index in [0.29, 0.717) is 24.4 Å². The molecule has 1 amide bonds. The van der Waals surface area contributed by atoms with Crippen LogP contribution in [0.3, 0.4) is 0 Å². The van der Waals surface area contributed by atoms with Crippen LogP contribution in [0.4, 0.5) is 4.39 Å². The molecule has 2 rings (SSSR count). The fourth-order valence-corrected chi connectivity index (χ4v) is 2.31. The van der Waals surface area contributed by atoms with Crippen molar-refractivity contribution in [2.75, 3.05) is 20.3 Å². The Morgan fingerprint density at radius 1 is 1.32 bits per heavy atom. The number of aromatic nitrogens is 2. The first kappa shape index (κ1) is 16.2. The van der Waals surface area contributed by atoms with Crippen molar-refractivity contribution in [1.82, 2.24) is 15.1 Å². The molecule has 0 radical (unpaired) electrons. The molecule has 118 valence electrons. The van der Waals surface area contributed by atoms with E-state index in [1.807, 2.05) is 6.92 Å². The van der Waals surface area contributed by atoms with Crippen LogP contribution in [0.1, 0.15) is 28.2 Å². The first-order chi connectivity index (χ1) is 10.5. The normalized spacial score (nSPS) is 10.7. The summed E-state index contributed by atoms with van der Waals surface area (Å²) in [7, 11) is 1.63. The SMILES string of the molecule is COCCCNC(=O)c1c(C)nn(-c2ccc(F)cc2)c1C. The van der Waals surface area contributed by atoms with Crippen molar-refractivity contribution in [2.24, 2.45) is 0 Å². The predicted molar refractivity (Wildman–Crippen MR) is 81.8 cm³/mol. The molecule has 0 bridgehead atoms. The summed E-state index contributed by atoms with van der Waals surface area (Å²) in [6, 6.07) is 6.01. The van der Waals surface area contributed by atoms with Gasteiger partial charge in [0.1, 0.15) is 5.82 Å². The Labute approximate surface area is 129 Å². The molecule has 0 atom stereocenters. The minimum absolute atomic E-state index is 0.153. The molecule has 0 aliphatic heterocycles. The van der Waals surface area contributed by atoms with Gasteiger partial charge in [-0.05, 0) is 44.5 Å². The van der Waals surface area contributed by atoms with Crippen molar-refractivity contribution in [1.29, 1.82) is 0 Å². The molecule has 0 fully saturated rings. The third-order valence-corrected chi connectivity index (χ3v) is 3.40. The summed E-state index contributed by atoms with van der Waals surface area (Å²) < 4.78 is 19.6. The molecule has 2 aromatic rings. The van der Waals surface area contributed by atoms with Gasteiger partial charge >= 0.3 is 0 Å². The van der Waals surface area contributed by atoms with Crippen molar-refractivity contribution in [3.8, 4) is 5.69 Å².